The molecule has 1 amide bonds. The highest BCUT2D eigenvalue weighted by Gasteiger charge is 2.69. The van der Waals surface area contributed by atoms with Gasteiger partial charge in [0.15, 0.2) is 34.7 Å². The molecule has 4 aliphatic carbocycles. The Morgan fingerprint density at radius 2 is 1.79 bits per heavy atom. The Morgan fingerprint density at radius 3 is 2.36 bits per heavy atom. The number of phenols is 1. The highest BCUT2D eigenvalue weighted by Crippen LogP contribution is 2.52. The van der Waals surface area contributed by atoms with Gasteiger partial charge in [-0.25, -0.2) is 0 Å². The maximum atomic E-state index is 14.0. The molecule has 210 valence electrons. The van der Waals surface area contributed by atoms with Crippen LogP contribution in [0.15, 0.2) is 6.07 Å². The number of phenolic OH excluding ortho intramolecular Hbond substituents is 1. The van der Waals surface area contributed by atoms with E-state index < -0.39 is 64.4 Å². The second-order valence-corrected chi connectivity index (χ2v) is 12.0. The molecule has 3 fully saturated rings. The van der Waals surface area contributed by atoms with Crippen LogP contribution in [-0.4, -0.2) is 90.5 Å². The molecule has 0 saturated heterocycles. The van der Waals surface area contributed by atoms with Crippen LogP contribution in [0.25, 0.3) is 0 Å². The van der Waals surface area contributed by atoms with Crippen molar-refractivity contribution in [3.05, 3.63) is 22.8 Å². The van der Waals surface area contributed by atoms with E-state index in [4.69, 9.17) is 5.73 Å². The molecule has 1 aromatic rings. The quantitative estimate of drug-likeness (QED) is 0.329. The number of primary amides is 1. The van der Waals surface area contributed by atoms with E-state index in [9.17, 15) is 34.2 Å². The minimum absolute atomic E-state index is 0.0241. The average molecular weight is 541 g/mol. The van der Waals surface area contributed by atoms with Gasteiger partial charge in [0.25, 0.3) is 0 Å². The number of aliphatic hydroxyl groups is 1. The average Bonchev–Trinajstić information content (AvgIpc) is 3.66. The van der Waals surface area contributed by atoms with E-state index in [0.29, 0.717) is 23.6 Å². The molecule has 2 unspecified atom stereocenters. The number of fused-ring (bicyclic) bond motifs is 3. The molecule has 11 nitrogen and oxygen atoms in total. The zero-order valence-corrected chi connectivity index (χ0v) is 22.7. The van der Waals surface area contributed by atoms with Crippen LogP contribution in [0.2, 0.25) is 0 Å². The zero-order chi connectivity index (χ0) is 28.5. The number of Topliss-reactive ketones (excluding diaryl/α,β-unsaturated/α-hetero) is 4. The van der Waals surface area contributed by atoms with Crippen molar-refractivity contribution < 1.29 is 34.2 Å². The van der Waals surface area contributed by atoms with Crippen LogP contribution in [-0.2, 0) is 32.1 Å². The molecule has 3 saturated carbocycles. The molecule has 0 heterocycles. The monoisotopic (exact) mass is 540 g/mol. The largest absolute Gasteiger partial charge is 0.507 e. The Bertz CT molecular complexity index is 1290. The number of nitrogens with zero attached hydrogens (tertiary/aromatic N) is 2. The number of benzene rings is 1. The van der Waals surface area contributed by atoms with Gasteiger partial charge in [0.05, 0.1) is 17.5 Å². The predicted octanol–water partition coefficient (Wildman–Crippen LogP) is -0.567. The summed E-state index contributed by atoms with van der Waals surface area (Å²) in [6.07, 6.45) is 2.59. The number of hydrogen-bond donors (Lipinski definition) is 4. The molecule has 0 radical (unpaired) electrons. The molecule has 11 heteroatoms. The zero-order valence-electron chi connectivity index (χ0n) is 22.7. The number of nitrogens with two attached hydrogens (primary N) is 1. The second kappa shape index (κ2) is 9.50. The summed E-state index contributed by atoms with van der Waals surface area (Å²) in [6.45, 7) is 1.14. The summed E-state index contributed by atoms with van der Waals surface area (Å²) in [5.74, 6) is -9.68. The fourth-order valence-corrected chi connectivity index (χ4v) is 6.97. The van der Waals surface area contributed by atoms with E-state index in [2.05, 4.69) is 5.32 Å². The molecule has 5 N–H and O–H groups in total. The highest BCUT2D eigenvalue weighted by molar-refractivity contribution is 6.32. The molecule has 39 heavy (non-hydrogen) atoms. The van der Waals surface area contributed by atoms with Crippen molar-refractivity contribution in [1.82, 2.24) is 10.2 Å². The van der Waals surface area contributed by atoms with Gasteiger partial charge >= 0.3 is 0 Å². The first-order valence-electron chi connectivity index (χ1n) is 13.4. The Morgan fingerprint density at radius 1 is 1.13 bits per heavy atom. The molecule has 0 spiro atoms. The third-order valence-electron chi connectivity index (χ3n) is 9.04. The minimum Gasteiger partial charge on any atom is -0.507 e. The lowest BCUT2D eigenvalue weighted by molar-refractivity contribution is -0.181. The van der Waals surface area contributed by atoms with Crippen molar-refractivity contribution in [3.8, 4) is 5.75 Å². The number of likely N-dealkylation sites (N-methyl/N-ethyl adjacent to an activating group) is 1. The number of aromatic hydroxyl groups is 1. The SMILES string of the molecule is CN(C)c1cc(CNCC2CC2)c(O)c2c1C[C@@H]1C[C@@H]3[C@@H](N(C)C)C(=O)C(C(N)=O)C(=O)[C@]3(O)C(=O)C1C2=O. The van der Waals surface area contributed by atoms with Gasteiger partial charge in [-0.05, 0) is 69.8 Å². The van der Waals surface area contributed by atoms with E-state index in [-0.39, 0.29) is 24.2 Å². The first-order valence-corrected chi connectivity index (χ1v) is 13.4. The predicted molar refractivity (Wildman–Crippen MR) is 140 cm³/mol. The summed E-state index contributed by atoms with van der Waals surface area (Å²) in [5, 5.41) is 26.3. The molecule has 0 bridgehead atoms. The minimum atomic E-state index is -2.72. The second-order valence-electron chi connectivity index (χ2n) is 12.0. The number of carbonyl (C=O) groups excluding carboxylic acids is 5. The molecule has 1 aromatic carbocycles. The Labute approximate surface area is 226 Å². The van der Waals surface area contributed by atoms with Crippen molar-refractivity contribution in [1.29, 1.82) is 0 Å². The van der Waals surface area contributed by atoms with Crippen LogP contribution >= 0.6 is 0 Å². The molecule has 4 aliphatic rings. The number of anilines is 1. The lowest BCUT2D eigenvalue weighted by Crippen LogP contribution is -2.74. The summed E-state index contributed by atoms with van der Waals surface area (Å²) >= 11 is 0. The number of ketones is 4. The lowest BCUT2D eigenvalue weighted by Gasteiger charge is -2.52. The number of rotatable bonds is 7. The Balaban J connectivity index is 1.59. The molecule has 6 atom stereocenters. The maximum Gasteiger partial charge on any atom is 0.235 e. The number of nitrogens with one attached hydrogen (secondary N) is 1. The van der Waals surface area contributed by atoms with Crippen LogP contribution in [0.3, 0.4) is 0 Å². The topological polar surface area (TPSA) is 170 Å². The lowest BCUT2D eigenvalue weighted by atomic mass is 9.52. The molecule has 0 aromatic heterocycles. The van der Waals surface area contributed by atoms with E-state index in [1.165, 1.54) is 4.90 Å². The van der Waals surface area contributed by atoms with Gasteiger partial charge < -0.3 is 26.2 Å². The summed E-state index contributed by atoms with van der Waals surface area (Å²) in [7, 11) is 6.80. The van der Waals surface area contributed by atoms with Crippen molar-refractivity contribution in [2.75, 3.05) is 39.6 Å². The van der Waals surface area contributed by atoms with Crippen LogP contribution in [0.1, 0.15) is 40.7 Å². The molecule has 0 aliphatic heterocycles. The Hall–Kier alpha value is -3.15. The highest BCUT2D eigenvalue weighted by atomic mass is 16.3. The van der Waals surface area contributed by atoms with Gasteiger partial charge in [0, 0.05) is 37.8 Å². The van der Waals surface area contributed by atoms with Gasteiger partial charge in [-0.3, -0.25) is 28.9 Å². The summed E-state index contributed by atoms with van der Waals surface area (Å²) < 4.78 is 0. The molecule has 5 rings (SSSR count). The van der Waals surface area contributed by atoms with Crippen molar-refractivity contribution >= 4 is 34.7 Å². The van der Waals surface area contributed by atoms with E-state index >= 15 is 0 Å². The number of hydrogen-bond acceptors (Lipinski definition) is 10. The molecular weight excluding hydrogens is 504 g/mol. The fraction of sp³-hybridized carbons (Fsp3) is 0.607. The van der Waals surface area contributed by atoms with Gasteiger partial charge in [-0.1, -0.05) is 0 Å². The van der Waals surface area contributed by atoms with Crippen LogP contribution in [0.4, 0.5) is 5.69 Å². The number of carbonyl (C=O) groups is 5. The van der Waals surface area contributed by atoms with Gasteiger partial charge in [-0.2, -0.15) is 0 Å². The summed E-state index contributed by atoms with van der Waals surface area (Å²) in [4.78, 5) is 70.0. The van der Waals surface area contributed by atoms with E-state index in [1.807, 2.05) is 25.1 Å². The summed E-state index contributed by atoms with van der Waals surface area (Å²) in [5.41, 5.74) is 4.52. The first-order chi connectivity index (χ1) is 18.3. The van der Waals surface area contributed by atoms with Crippen LogP contribution < -0.4 is 16.0 Å². The third-order valence-corrected chi connectivity index (χ3v) is 9.04. The van der Waals surface area contributed by atoms with Crippen molar-refractivity contribution in [3.63, 3.8) is 0 Å². The van der Waals surface area contributed by atoms with Crippen LogP contribution in [0, 0.1) is 29.6 Å². The maximum absolute atomic E-state index is 14.0. The van der Waals surface area contributed by atoms with E-state index in [0.717, 1.165) is 25.1 Å². The normalized spacial score (nSPS) is 32.1. The Kier molecular flexibility index (Phi) is 6.68. The first kappa shape index (κ1) is 27.4. The third kappa shape index (κ3) is 4.09. The van der Waals surface area contributed by atoms with Gasteiger partial charge in [0.1, 0.15) is 5.75 Å². The standard InChI is InChI=1S/C28H36N4O7/c1-31(2)17-9-14(11-30-10-12-5-6-12)22(33)19-15(17)7-13-8-16-21(32(3)4)24(35)20(27(29)38)26(37)28(16,39)25(36)18(13)23(19)34/h9,12-13,16,18,20-21,30,33,39H,5-8,10-11H2,1-4H3,(H2,29,38)/t13-,16-,18?,20?,21-,28-/m1/s1. The summed E-state index contributed by atoms with van der Waals surface area (Å²) in [6, 6.07) is 0.726. The van der Waals surface area contributed by atoms with Crippen LogP contribution in [0.5, 0.6) is 5.75 Å². The van der Waals surface area contributed by atoms with Gasteiger partial charge in [-0.15, -0.1) is 0 Å². The van der Waals surface area contributed by atoms with Gasteiger partial charge in [0.2, 0.25) is 5.91 Å². The smallest absolute Gasteiger partial charge is 0.235 e. The van der Waals surface area contributed by atoms with Crippen molar-refractivity contribution in [2.24, 2.45) is 35.3 Å². The van der Waals surface area contributed by atoms with Crippen molar-refractivity contribution in [2.45, 2.75) is 43.9 Å². The van der Waals surface area contributed by atoms with E-state index in [1.54, 1.807) is 14.1 Å². The number of amides is 1. The fourth-order valence-electron chi connectivity index (χ4n) is 6.97. The molecular formula is C28H36N4O7.